The molecule has 2 rings (SSSR count). The highest BCUT2D eigenvalue weighted by Crippen LogP contribution is 2.45. The third kappa shape index (κ3) is 4.04. The number of nitrogens with two attached hydrogens (primary N) is 2. The summed E-state index contributed by atoms with van der Waals surface area (Å²) in [6, 6.07) is 4.11. The maximum absolute atomic E-state index is 11.4. The largest absolute Gasteiger partial charge is 0.370 e. The molecule has 1 fully saturated rings. The molecule has 19 heavy (non-hydrogen) atoms. The van der Waals surface area contributed by atoms with Crippen molar-refractivity contribution in [2.45, 2.75) is 51.0 Å². The van der Waals surface area contributed by atoms with Gasteiger partial charge in [-0.3, -0.25) is 4.79 Å². The molecule has 0 radical (unpaired) electrons. The Labute approximate surface area is 126 Å². The van der Waals surface area contributed by atoms with Gasteiger partial charge in [0.1, 0.15) is 0 Å². The van der Waals surface area contributed by atoms with E-state index in [2.05, 4.69) is 22.0 Å². The van der Waals surface area contributed by atoms with Crippen LogP contribution in [0.5, 0.6) is 0 Å². The summed E-state index contributed by atoms with van der Waals surface area (Å²) in [7, 11) is 0. The van der Waals surface area contributed by atoms with Gasteiger partial charge in [-0.2, -0.15) is 0 Å². The molecule has 0 saturated heterocycles. The molecule has 0 bridgehead atoms. The van der Waals surface area contributed by atoms with Crippen LogP contribution in [0.15, 0.2) is 15.9 Å². The van der Waals surface area contributed by atoms with E-state index in [4.69, 9.17) is 11.5 Å². The lowest BCUT2D eigenvalue weighted by molar-refractivity contribution is -0.121. The average molecular weight is 345 g/mol. The van der Waals surface area contributed by atoms with Gasteiger partial charge in [-0.1, -0.05) is 19.3 Å². The molecule has 1 aromatic rings. The second kappa shape index (κ2) is 6.37. The second-order valence-electron chi connectivity index (χ2n) is 5.66. The average Bonchev–Trinajstić information content (AvgIpc) is 2.76. The van der Waals surface area contributed by atoms with Gasteiger partial charge < -0.3 is 11.5 Å². The quantitative estimate of drug-likeness (QED) is 0.854. The van der Waals surface area contributed by atoms with Crippen LogP contribution in [0.2, 0.25) is 0 Å². The fraction of sp³-hybridized carbons (Fsp3) is 0.643. The van der Waals surface area contributed by atoms with Crippen LogP contribution in [0.4, 0.5) is 0 Å². The molecule has 1 aromatic heterocycles. The molecule has 3 nitrogen and oxygen atoms in total. The first-order valence-electron chi connectivity index (χ1n) is 6.80. The van der Waals surface area contributed by atoms with Gasteiger partial charge in [-0.05, 0) is 52.7 Å². The van der Waals surface area contributed by atoms with E-state index >= 15 is 0 Å². The normalized spacial score (nSPS) is 20.1. The van der Waals surface area contributed by atoms with Crippen LogP contribution in [-0.4, -0.2) is 5.91 Å². The van der Waals surface area contributed by atoms with Crippen molar-refractivity contribution in [3.63, 3.8) is 0 Å². The fourth-order valence-corrected chi connectivity index (χ4v) is 4.64. The van der Waals surface area contributed by atoms with Crippen molar-refractivity contribution in [3.05, 3.63) is 20.8 Å². The Morgan fingerprint density at radius 3 is 2.58 bits per heavy atom. The van der Waals surface area contributed by atoms with Crippen molar-refractivity contribution in [2.75, 3.05) is 0 Å². The third-order valence-electron chi connectivity index (χ3n) is 4.08. The molecule has 106 valence electrons. The molecule has 0 aliphatic heterocycles. The summed E-state index contributed by atoms with van der Waals surface area (Å²) in [6.45, 7) is 0. The van der Waals surface area contributed by atoms with E-state index in [0.29, 0.717) is 6.42 Å². The van der Waals surface area contributed by atoms with Crippen LogP contribution >= 0.6 is 27.3 Å². The van der Waals surface area contributed by atoms with E-state index in [9.17, 15) is 4.79 Å². The van der Waals surface area contributed by atoms with Gasteiger partial charge in [0.05, 0.1) is 3.79 Å². The van der Waals surface area contributed by atoms with Crippen LogP contribution in [0.3, 0.4) is 0 Å². The molecule has 1 heterocycles. The summed E-state index contributed by atoms with van der Waals surface area (Å²) in [5, 5.41) is 0. The number of amides is 1. The Bertz CT molecular complexity index is 440. The van der Waals surface area contributed by atoms with Crippen molar-refractivity contribution in [2.24, 2.45) is 16.9 Å². The van der Waals surface area contributed by atoms with E-state index < -0.39 is 0 Å². The first kappa shape index (κ1) is 15.0. The van der Waals surface area contributed by atoms with Crippen LogP contribution in [-0.2, 0) is 4.79 Å². The summed E-state index contributed by atoms with van der Waals surface area (Å²) in [6.07, 6.45) is 7.14. The zero-order chi connectivity index (χ0) is 13.9. The monoisotopic (exact) mass is 344 g/mol. The minimum Gasteiger partial charge on any atom is -0.370 e. The van der Waals surface area contributed by atoms with E-state index in [-0.39, 0.29) is 17.4 Å². The maximum Gasteiger partial charge on any atom is 0.217 e. The first-order chi connectivity index (χ1) is 9.01. The molecule has 5 heteroatoms. The Kier molecular flexibility index (Phi) is 5.03. The Hall–Kier alpha value is -0.390. The van der Waals surface area contributed by atoms with Crippen molar-refractivity contribution < 1.29 is 4.79 Å². The van der Waals surface area contributed by atoms with Crippen LogP contribution in [0.25, 0.3) is 0 Å². The lowest BCUT2D eigenvalue weighted by atomic mass is 9.68. The lowest BCUT2D eigenvalue weighted by Crippen LogP contribution is -2.33. The van der Waals surface area contributed by atoms with Crippen LogP contribution in [0, 0.1) is 5.41 Å². The highest BCUT2D eigenvalue weighted by molar-refractivity contribution is 9.11. The van der Waals surface area contributed by atoms with E-state index in [1.54, 1.807) is 11.3 Å². The van der Waals surface area contributed by atoms with E-state index in [1.165, 1.54) is 24.1 Å². The zero-order valence-corrected chi connectivity index (χ0v) is 13.4. The van der Waals surface area contributed by atoms with Gasteiger partial charge in [0, 0.05) is 17.3 Å². The number of primary amides is 1. The Morgan fingerprint density at radius 2 is 2.05 bits per heavy atom. The molecule has 0 aromatic carbocycles. The summed E-state index contributed by atoms with van der Waals surface area (Å²) >= 11 is 5.15. The predicted octanol–water partition coefficient (Wildman–Crippen LogP) is 3.73. The summed E-state index contributed by atoms with van der Waals surface area (Å²) in [5.41, 5.74) is 11.8. The molecule has 1 amide bonds. The standard InChI is InChI=1S/C14H21BrN2OS/c15-12-5-4-11(19-12)10(16)8-14(9-13(17)18)6-2-1-3-7-14/h4-5,10H,1-3,6-9,16H2,(H2,17,18). The van der Waals surface area contributed by atoms with Crippen molar-refractivity contribution >= 4 is 33.2 Å². The maximum atomic E-state index is 11.4. The van der Waals surface area contributed by atoms with Crippen LogP contribution in [0.1, 0.15) is 55.9 Å². The highest BCUT2D eigenvalue weighted by Gasteiger charge is 2.35. The van der Waals surface area contributed by atoms with Gasteiger partial charge in [-0.25, -0.2) is 0 Å². The molecule has 1 saturated carbocycles. The molecule has 4 N–H and O–H groups in total. The Balaban J connectivity index is 2.08. The topological polar surface area (TPSA) is 69.1 Å². The summed E-state index contributed by atoms with van der Waals surface area (Å²) < 4.78 is 1.10. The minimum absolute atomic E-state index is 0.00810. The van der Waals surface area contributed by atoms with Crippen molar-refractivity contribution in [3.8, 4) is 0 Å². The fourth-order valence-electron chi connectivity index (χ4n) is 3.22. The summed E-state index contributed by atoms with van der Waals surface area (Å²) in [5.74, 6) is -0.193. The minimum atomic E-state index is -0.193. The highest BCUT2D eigenvalue weighted by atomic mass is 79.9. The van der Waals surface area contributed by atoms with E-state index in [1.807, 2.05) is 6.07 Å². The van der Waals surface area contributed by atoms with Crippen molar-refractivity contribution in [1.29, 1.82) is 0 Å². The van der Waals surface area contributed by atoms with Crippen LogP contribution < -0.4 is 11.5 Å². The molecular weight excluding hydrogens is 324 g/mol. The smallest absolute Gasteiger partial charge is 0.217 e. The second-order valence-corrected chi connectivity index (χ2v) is 8.15. The number of rotatable bonds is 5. The Morgan fingerprint density at radius 1 is 1.37 bits per heavy atom. The number of carbonyl (C=O) groups is 1. The SMILES string of the molecule is NC(=O)CC1(CC(N)c2ccc(Br)s2)CCCCC1. The number of thiophene rings is 1. The third-order valence-corrected chi connectivity index (χ3v) is 5.83. The van der Waals surface area contributed by atoms with E-state index in [0.717, 1.165) is 23.0 Å². The predicted molar refractivity (Wildman–Crippen MR) is 82.9 cm³/mol. The molecular formula is C14H21BrN2OS. The number of hydrogen-bond donors (Lipinski definition) is 2. The molecule has 1 aliphatic carbocycles. The number of halogens is 1. The van der Waals surface area contributed by atoms with Gasteiger partial charge in [-0.15, -0.1) is 11.3 Å². The van der Waals surface area contributed by atoms with Gasteiger partial charge in [0.2, 0.25) is 5.91 Å². The molecule has 0 spiro atoms. The molecule has 1 atom stereocenters. The van der Waals surface area contributed by atoms with Crippen molar-refractivity contribution in [1.82, 2.24) is 0 Å². The number of carbonyl (C=O) groups excluding carboxylic acids is 1. The zero-order valence-electron chi connectivity index (χ0n) is 11.0. The van der Waals surface area contributed by atoms with Gasteiger partial charge in [0.25, 0.3) is 0 Å². The molecule has 1 aliphatic rings. The van der Waals surface area contributed by atoms with Gasteiger partial charge >= 0.3 is 0 Å². The molecule has 1 unspecified atom stereocenters. The first-order valence-corrected chi connectivity index (χ1v) is 8.41. The van der Waals surface area contributed by atoms with Gasteiger partial charge in [0.15, 0.2) is 0 Å². The number of hydrogen-bond acceptors (Lipinski definition) is 3. The summed E-state index contributed by atoms with van der Waals surface area (Å²) in [4.78, 5) is 12.6. The lowest BCUT2D eigenvalue weighted by Gasteiger charge is -2.38.